The van der Waals surface area contributed by atoms with Crippen LogP contribution in [0.1, 0.15) is 31.7 Å². The lowest BCUT2D eigenvalue weighted by Gasteiger charge is -2.26. The summed E-state index contributed by atoms with van der Waals surface area (Å²) < 4.78 is 5.77. The van der Waals surface area contributed by atoms with Crippen LogP contribution in [0, 0.1) is 6.92 Å². The summed E-state index contributed by atoms with van der Waals surface area (Å²) in [6, 6.07) is 7.65. The van der Waals surface area contributed by atoms with Crippen LogP contribution in [0.25, 0.3) is 0 Å². The molecule has 0 aromatic heterocycles. The van der Waals surface area contributed by atoms with Gasteiger partial charge in [0.15, 0.2) is 6.10 Å². The first-order chi connectivity index (χ1) is 10.1. The van der Waals surface area contributed by atoms with Gasteiger partial charge in [0, 0.05) is 19.0 Å². The second-order valence-electron chi connectivity index (χ2n) is 5.38. The van der Waals surface area contributed by atoms with Crippen LogP contribution in [0.3, 0.4) is 0 Å². The van der Waals surface area contributed by atoms with E-state index in [9.17, 15) is 9.59 Å². The zero-order chi connectivity index (χ0) is 15.2. The summed E-state index contributed by atoms with van der Waals surface area (Å²) in [7, 11) is 0. The molecule has 114 valence electrons. The van der Waals surface area contributed by atoms with E-state index in [0.717, 1.165) is 5.56 Å². The van der Waals surface area contributed by atoms with E-state index in [1.165, 1.54) is 0 Å². The average Bonchev–Trinajstić information content (AvgIpc) is 2.47. The van der Waals surface area contributed by atoms with Crippen LogP contribution < -0.4 is 15.4 Å². The van der Waals surface area contributed by atoms with Crippen molar-refractivity contribution in [3.8, 4) is 5.75 Å². The molecule has 1 aliphatic heterocycles. The lowest BCUT2D eigenvalue weighted by Crippen LogP contribution is -2.51. The molecule has 0 spiro atoms. The Morgan fingerprint density at radius 3 is 2.95 bits per heavy atom. The van der Waals surface area contributed by atoms with Crippen molar-refractivity contribution in [2.45, 2.75) is 45.3 Å². The van der Waals surface area contributed by atoms with E-state index in [0.29, 0.717) is 31.6 Å². The Hall–Kier alpha value is -2.04. The first kappa shape index (κ1) is 15.4. The Morgan fingerprint density at radius 2 is 2.33 bits per heavy atom. The number of carbonyl (C=O) groups is 2. The van der Waals surface area contributed by atoms with Gasteiger partial charge in [0.1, 0.15) is 5.75 Å². The minimum absolute atomic E-state index is 0.00893. The maximum absolute atomic E-state index is 12.3. The van der Waals surface area contributed by atoms with Crippen molar-refractivity contribution in [2.24, 2.45) is 0 Å². The van der Waals surface area contributed by atoms with E-state index >= 15 is 0 Å². The molecule has 1 aliphatic rings. The van der Waals surface area contributed by atoms with Crippen molar-refractivity contribution in [3.63, 3.8) is 0 Å². The third-order valence-electron chi connectivity index (χ3n) is 3.54. The lowest BCUT2D eigenvalue weighted by atomic mass is 10.1. The highest BCUT2D eigenvalue weighted by Gasteiger charge is 2.24. The number of amides is 2. The second-order valence-corrected chi connectivity index (χ2v) is 5.38. The van der Waals surface area contributed by atoms with E-state index < -0.39 is 6.10 Å². The second kappa shape index (κ2) is 7.11. The molecule has 1 heterocycles. The molecule has 2 atom stereocenters. The van der Waals surface area contributed by atoms with Gasteiger partial charge in [-0.1, -0.05) is 19.1 Å². The number of carbonyl (C=O) groups excluding carboxylic acids is 2. The summed E-state index contributed by atoms with van der Waals surface area (Å²) in [4.78, 5) is 23.4. The quantitative estimate of drug-likeness (QED) is 0.864. The number of ether oxygens (including phenoxy) is 1. The lowest BCUT2D eigenvalue weighted by molar-refractivity contribution is -0.130. The third-order valence-corrected chi connectivity index (χ3v) is 3.54. The highest BCUT2D eigenvalue weighted by Crippen LogP contribution is 2.16. The van der Waals surface area contributed by atoms with Gasteiger partial charge >= 0.3 is 0 Å². The number of hydrogen-bond acceptors (Lipinski definition) is 3. The summed E-state index contributed by atoms with van der Waals surface area (Å²) in [5.41, 5.74) is 1.10. The van der Waals surface area contributed by atoms with E-state index in [4.69, 9.17) is 4.74 Å². The third kappa shape index (κ3) is 4.48. The van der Waals surface area contributed by atoms with Crippen LogP contribution in [0.15, 0.2) is 24.3 Å². The van der Waals surface area contributed by atoms with E-state index in [-0.39, 0.29) is 17.9 Å². The molecule has 1 saturated heterocycles. The Labute approximate surface area is 125 Å². The summed E-state index contributed by atoms with van der Waals surface area (Å²) >= 11 is 0. The van der Waals surface area contributed by atoms with Crippen LogP contribution in [0.5, 0.6) is 5.75 Å². The van der Waals surface area contributed by atoms with E-state index in [1.54, 1.807) is 0 Å². The summed E-state index contributed by atoms with van der Waals surface area (Å²) in [6.45, 7) is 4.40. The predicted molar refractivity (Wildman–Crippen MR) is 80.1 cm³/mol. The molecule has 5 heteroatoms. The van der Waals surface area contributed by atoms with Crippen LogP contribution in [0.4, 0.5) is 0 Å². The summed E-state index contributed by atoms with van der Waals surface area (Å²) in [5.74, 6) is 0.623. The van der Waals surface area contributed by atoms with Crippen molar-refractivity contribution >= 4 is 11.8 Å². The normalized spacial score (nSPS) is 19.5. The maximum atomic E-state index is 12.3. The first-order valence-electron chi connectivity index (χ1n) is 7.39. The average molecular weight is 290 g/mol. The van der Waals surface area contributed by atoms with Gasteiger partial charge in [0.25, 0.3) is 5.91 Å². The molecule has 1 aromatic rings. The summed E-state index contributed by atoms with van der Waals surface area (Å²) in [5, 5.41) is 5.70. The Morgan fingerprint density at radius 1 is 1.52 bits per heavy atom. The minimum atomic E-state index is -0.510. The van der Waals surface area contributed by atoms with Crippen LogP contribution >= 0.6 is 0 Å². The van der Waals surface area contributed by atoms with Gasteiger partial charge in [-0.15, -0.1) is 0 Å². The van der Waals surface area contributed by atoms with Crippen molar-refractivity contribution in [1.82, 2.24) is 10.6 Å². The van der Waals surface area contributed by atoms with Gasteiger partial charge in [-0.05, 0) is 37.5 Å². The number of aryl methyl sites for hydroxylation is 1. The van der Waals surface area contributed by atoms with Crippen molar-refractivity contribution in [1.29, 1.82) is 0 Å². The van der Waals surface area contributed by atoms with Crippen LogP contribution in [-0.2, 0) is 9.59 Å². The molecule has 2 N–H and O–H groups in total. The first-order valence-corrected chi connectivity index (χ1v) is 7.39. The Balaban J connectivity index is 1.90. The van der Waals surface area contributed by atoms with Gasteiger partial charge in [-0.3, -0.25) is 9.59 Å². The molecule has 0 unspecified atom stereocenters. The SMILES string of the molecule is CC[C@H](Oc1cccc(C)c1)C(=O)N[C@@H]1CCC(=O)NC1. The topological polar surface area (TPSA) is 67.4 Å². The largest absolute Gasteiger partial charge is 0.481 e. The van der Waals surface area contributed by atoms with E-state index in [1.807, 2.05) is 38.1 Å². The number of nitrogens with one attached hydrogen (secondary N) is 2. The molecule has 1 fully saturated rings. The Bertz CT molecular complexity index is 506. The molecule has 5 nitrogen and oxygen atoms in total. The van der Waals surface area contributed by atoms with Gasteiger partial charge in [-0.25, -0.2) is 0 Å². The van der Waals surface area contributed by atoms with Crippen molar-refractivity contribution < 1.29 is 14.3 Å². The van der Waals surface area contributed by atoms with Gasteiger partial charge < -0.3 is 15.4 Å². The van der Waals surface area contributed by atoms with Gasteiger partial charge in [-0.2, -0.15) is 0 Å². The molecule has 21 heavy (non-hydrogen) atoms. The fourth-order valence-electron chi connectivity index (χ4n) is 2.33. The zero-order valence-corrected chi connectivity index (χ0v) is 12.5. The molecule has 1 aromatic carbocycles. The molecule has 0 aliphatic carbocycles. The van der Waals surface area contributed by atoms with Crippen LogP contribution in [-0.4, -0.2) is 30.5 Å². The number of benzene rings is 1. The van der Waals surface area contributed by atoms with E-state index in [2.05, 4.69) is 10.6 Å². The molecular formula is C16H22N2O3. The standard InChI is InChI=1S/C16H22N2O3/c1-3-14(21-13-6-4-5-11(2)9-13)16(20)18-12-7-8-15(19)17-10-12/h4-6,9,12,14H,3,7-8,10H2,1-2H3,(H,17,19)(H,18,20)/t12-,14+/m1/s1. The van der Waals surface area contributed by atoms with Crippen molar-refractivity contribution in [3.05, 3.63) is 29.8 Å². The number of piperidine rings is 1. The van der Waals surface area contributed by atoms with Gasteiger partial charge in [0.05, 0.1) is 0 Å². The monoisotopic (exact) mass is 290 g/mol. The fraction of sp³-hybridized carbons (Fsp3) is 0.500. The minimum Gasteiger partial charge on any atom is -0.481 e. The molecular weight excluding hydrogens is 268 g/mol. The Kier molecular flexibility index (Phi) is 5.20. The molecule has 0 radical (unpaired) electrons. The molecule has 2 rings (SSSR count). The fourth-order valence-corrected chi connectivity index (χ4v) is 2.33. The number of rotatable bonds is 5. The smallest absolute Gasteiger partial charge is 0.261 e. The molecule has 0 saturated carbocycles. The zero-order valence-electron chi connectivity index (χ0n) is 12.5. The highest BCUT2D eigenvalue weighted by atomic mass is 16.5. The summed E-state index contributed by atoms with van der Waals surface area (Å²) in [6.07, 6.45) is 1.22. The molecule has 0 bridgehead atoms. The van der Waals surface area contributed by atoms with Crippen LogP contribution in [0.2, 0.25) is 0 Å². The van der Waals surface area contributed by atoms with Crippen molar-refractivity contribution in [2.75, 3.05) is 6.54 Å². The van der Waals surface area contributed by atoms with Gasteiger partial charge in [0.2, 0.25) is 5.91 Å². The maximum Gasteiger partial charge on any atom is 0.261 e. The number of hydrogen-bond donors (Lipinski definition) is 2. The highest BCUT2D eigenvalue weighted by molar-refractivity contribution is 5.82. The molecule has 2 amide bonds. The predicted octanol–water partition coefficient (Wildman–Crippen LogP) is 1.55.